The summed E-state index contributed by atoms with van der Waals surface area (Å²) in [4.78, 5) is 10.8. The number of phenolic OH excluding ortho intramolecular Hbond substituents is 2. The van der Waals surface area contributed by atoms with Crippen molar-refractivity contribution >= 4 is 29.0 Å². The Kier molecular flexibility index (Phi) is 5.76. The van der Waals surface area contributed by atoms with Crippen molar-refractivity contribution in [3.8, 4) is 17.2 Å². The summed E-state index contributed by atoms with van der Waals surface area (Å²) in [6, 6.07) is 0. The van der Waals surface area contributed by atoms with Crippen LogP contribution in [0.5, 0.6) is 17.2 Å². The van der Waals surface area contributed by atoms with Gasteiger partial charge in [-0.1, -0.05) is 23.2 Å². The molecule has 2 N–H and O–H groups in total. The predicted octanol–water partition coefficient (Wildman–Crippen LogP) is 3.72. The van der Waals surface area contributed by atoms with Crippen LogP contribution in [0.4, 0.5) is 0 Å². The van der Waals surface area contributed by atoms with Gasteiger partial charge in [-0.3, -0.25) is 0 Å². The Labute approximate surface area is 121 Å². The number of ether oxygens (including phenoxy) is 1. The van der Waals surface area contributed by atoms with E-state index < -0.39 is 0 Å². The monoisotopic (exact) mass is 306 g/mol. The molecule has 0 spiro atoms. The number of methoxy groups -OCH3 is 1. The van der Waals surface area contributed by atoms with E-state index in [1.54, 1.807) is 0 Å². The molecule has 1 rings (SSSR count). The molecule has 0 aromatic heterocycles. The van der Waals surface area contributed by atoms with E-state index in [-0.39, 0.29) is 38.6 Å². The second-order valence-electron chi connectivity index (χ2n) is 4.25. The van der Waals surface area contributed by atoms with E-state index in [0.717, 1.165) is 0 Å². The second kappa shape index (κ2) is 6.87. The molecule has 0 fully saturated rings. The van der Waals surface area contributed by atoms with E-state index in [4.69, 9.17) is 27.9 Å². The Hall–Kier alpha value is -1.13. The average Bonchev–Trinajstić information content (AvgIpc) is 2.36. The standard InChI is InChI=1S/C13H16Cl2O4/c1-7(16)5-3-4-6-8-11(17)9(14)13(19-2)10(15)12(8)18/h17-18H,3-6H2,1-2H3. The van der Waals surface area contributed by atoms with Gasteiger partial charge in [0, 0.05) is 12.0 Å². The Bertz CT molecular complexity index is 457. The maximum atomic E-state index is 10.8. The second-order valence-corrected chi connectivity index (χ2v) is 5.00. The first-order valence-electron chi connectivity index (χ1n) is 5.85. The predicted molar refractivity (Wildman–Crippen MR) is 74.6 cm³/mol. The number of benzene rings is 1. The van der Waals surface area contributed by atoms with Gasteiger partial charge in [-0.15, -0.1) is 0 Å². The van der Waals surface area contributed by atoms with Gasteiger partial charge in [-0.25, -0.2) is 0 Å². The summed E-state index contributed by atoms with van der Waals surface area (Å²) in [5.41, 5.74) is 0.277. The van der Waals surface area contributed by atoms with E-state index >= 15 is 0 Å². The van der Waals surface area contributed by atoms with Gasteiger partial charge in [0.15, 0.2) is 5.75 Å². The van der Waals surface area contributed by atoms with E-state index in [0.29, 0.717) is 25.7 Å². The Morgan fingerprint density at radius 1 is 1.16 bits per heavy atom. The average molecular weight is 307 g/mol. The number of aromatic hydroxyl groups is 2. The van der Waals surface area contributed by atoms with Gasteiger partial charge in [-0.05, 0) is 26.2 Å². The number of hydrogen-bond donors (Lipinski definition) is 2. The van der Waals surface area contributed by atoms with E-state index in [2.05, 4.69) is 0 Å². The third kappa shape index (κ3) is 3.67. The van der Waals surface area contributed by atoms with Crippen LogP contribution in [0.1, 0.15) is 31.7 Å². The fourth-order valence-corrected chi connectivity index (χ4v) is 2.40. The maximum absolute atomic E-state index is 10.8. The van der Waals surface area contributed by atoms with E-state index in [9.17, 15) is 15.0 Å². The van der Waals surface area contributed by atoms with Gasteiger partial charge in [-0.2, -0.15) is 0 Å². The molecular formula is C13H16Cl2O4. The van der Waals surface area contributed by atoms with Gasteiger partial charge < -0.3 is 19.7 Å². The minimum atomic E-state index is -0.233. The zero-order chi connectivity index (χ0) is 14.6. The molecule has 0 aliphatic heterocycles. The van der Waals surface area contributed by atoms with Crippen LogP contribution in [0.25, 0.3) is 0 Å². The largest absolute Gasteiger partial charge is 0.506 e. The van der Waals surface area contributed by atoms with Crippen molar-refractivity contribution < 1.29 is 19.7 Å². The van der Waals surface area contributed by atoms with Gasteiger partial charge in [0.25, 0.3) is 0 Å². The van der Waals surface area contributed by atoms with Crippen LogP contribution in [0.2, 0.25) is 10.0 Å². The molecule has 0 bridgehead atoms. The maximum Gasteiger partial charge on any atom is 0.163 e. The molecule has 1 aromatic rings. The molecule has 0 amide bonds. The highest BCUT2D eigenvalue weighted by molar-refractivity contribution is 6.39. The fraction of sp³-hybridized carbons (Fsp3) is 0.462. The molecule has 0 aliphatic rings. The molecule has 0 radical (unpaired) electrons. The summed E-state index contributed by atoms with van der Waals surface area (Å²) in [5, 5.41) is 19.8. The highest BCUT2D eigenvalue weighted by atomic mass is 35.5. The Balaban J connectivity index is 2.93. The zero-order valence-electron chi connectivity index (χ0n) is 10.8. The zero-order valence-corrected chi connectivity index (χ0v) is 12.3. The lowest BCUT2D eigenvalue weighted by atomic mass is 10.0. The number of hydrogen-bond acceptors (Lipinski definition) is 4. The molecule has 0 aliphatic carbocycles. The van der Waals surface area contributed by atoms with Crippen LogP contribution in [-0.2, 0) is 11.2 Å². The van der Waals surface area contributed by atoms with Gasteiger partial charge in [0.2, 0.25) is 0 Å². The first-order chi connectivity index (χ1) is 8.90. The number of carbonyl (C=O) groups excluding carboxylic acids is 1. The topological polar surface area (TPSA) is 66.8 Å². The van der Waals surface area contributed by atoms with Crippen molar-refractivity contribution in [1.82, 2.24) is 0 Å². The number of halogens is 2. The van der Waals surface area contributed by atoms with Crippen LogP contribution in [0.3, 0.4) is 0 Å². The van der Waals surface area contributed by atoms with Crippen molar-refractivity contribution in [1.29, 1.82) is 0 Å². The quantitative estimate of drug-likeness (QED) is 0.786. The number of ketones is 1. The van der Waals surface area contributed by atoms with Crippen molar-refractivity contribution in [2.24, 2.45) is 0 Å². The van der Waals surface area contributed by atoms with Crippen molar-refractivity contribution in [2.45, 2.75) is 32.6 Å². The van der Waals surface area contributed by atoms with Crippen molar-refractivity contribution in [2.75, 3.05) is 7.11 Å². The highest BCUT2D eigenvalue weighted by Gasteiger charge is 2.22. The molecule has 19 heavy (non-hydrogen) atoms. The summed E-state index contributed by atoms with van der Waals surface area (Å²) in [6.07, 6.45) is 2.17. The normalized spacial score (nSPS) is 10.5. The molecule has 106 valence electrons. The molecule has 0 saturated carbocycles. The van der Waals surface area contributed by atoms with E-state index in [1.165, 1.54) is 14.0 Å². The fourth-order valence-electron chi connectivity index (χ4n) is 1.78. The summed E-state index contributed by atoms with van der Waals surface area (Å²) in [7, 11) is 1.35. The van der Waals surface area contributed by atoms with Crippen molar-refractivity contribution in [3.05, 3.63) is 15.6 Å². The minimum Gasteiger partial charge on any atom is -0.506 e. The molecule has 6 heteroatoms. The minimum absolute atomic E-state index is 0.0214. The molecule has 0 atom stereocenters. The summed E-state index contributed by atoms with van der Waals surface area (Å²) in [5.74, 6) is -0.309. The van der Waals surface area contributed by atoms with Crippen LogP contribution in [0.15, 0.2) is 0 Å². The first-order valence-corrected chi connectivity index (χ1v) is 6.60. The third-order valence-corrected chi connectivity index (χ3v) is 3.50. The lowest BCUT2D eigenvalue weighted by Gasteiger charge is -2.14. The van der Waals surface area contributed by atoms with Crippen LogP contribution < -0.4 is 4.74 Å². The lowest BCUT2D eigenvalue weighted by molar-refractivity contribution is -0.117. The molecule has 0 saturated heterocycles. The molecule has 1 aromatic carbocycles. The first kappa shape index (κ1) is 15.9. The van der Waals surface area contributed by atoms with E-state index in [1.807, 2.05) is 0 Å². The summed E-state index contributed by atoms with van der Waals surface area (Å²) >= 11 is 11.8. The van der Waals surface area contributed by atoms with Gasteiger partial charge >= 0.3 is 0 Å². The molecule has 0 unspecified atom stereocenters. The Morgan fingerprint density at radius 3 is 2.11 bits per heavy atom. The van der Waals surface area contributed by atoms with Crippen molar-refractivity contribution in [3.63, 3.8) is 0 Å². The summed E-state index contributed by atoms with van der Waals surface area (Å²) in [6.45, 7) is 1.52. The Morgan fingerprint density at radius 2 is 1.68 bits per heavy atom. The van der Waals surface area contributed by atoms with Crippen LogP contribution >= 0.6 is 23.2 Å². The summed E-state index contributed by atoms with van der Waals surface area (Å²) < 4.78 is 4.92. The number of phenols is 2. The molecule has 0 heterocycles. The molecule has 4 nitrogen and oxygen atoms in total. The lowest BCUT2D eigenvalue weighted by Crippen LogP contribution is -1.95. The number of Topliss-reactive ketones (excluding diaryl/α,β-unsaturated/α-hetero) is 1. The van der Waals surface area contributed by atoms with Gasteiger partial charge in [0.05, 0.1) is 7.11 Å². The van der Waals surface area contributed by atoms with Crippen LogP contribution in [0, 0.1) is 0 Å². The van der Waals surface area contributed by atoms with Crippen LogP contribution in [-0.4, -0.2) is 23.1 Å². The SMILES string of the molecule is COc1c(Cl)c(O)c(CCCCC(C)=O)c(O)c1Cl. The smallest absolute Gasteiger partial charge is 0.163 e. The number of rotatable bonds is 6. The third-order valence-electron chi connectivity index (χ3n) is 2.80. The molecular weight excluding hydrogens is 291 g/mol. The number of carbonyl (C=O) groups is 1. The van der Waals surface area contributed by atoms with Gasteiger partial charge in [0.1, 0.15) is 27.3 Å². The number of unbranched alkanes of at least 4 members (excludes halogenated alkanes) is 1. The highest BCUT2D eigenvalue weighted by Crippen LogP contribution is 2.48.